The average Bonchev–Trinajstić information content (AvgIpc) is 2.84. The first-order valence-corrected chi connectivity index (χ1v) is 7.53. The van der Waals surface area contributed by atoms with Crippen LogP contribution in [-0.2, 0) is 17.8 Å². The van der Waals surface area contributed by atoms with Gasteiger partial charge in [-0.2, -0.15) is 0 Å². The number of hydrogen-bond donors (Lipinski definition) is 1. The standard InChI is InChI=1S/C16H28N2O2/c1-16(2,3)17-11-13-7-10-20-15(13)12-18-8-5-14(19-4)6-9-18/h7,10,14,17H,5-6,8-9,11-12H2,1-4H3. The summed E-state index contributed by atoms with van der Waals surface area (Å²) in [5.74, 6) is 1.10. The van der Waals surface area contributed by atoms with Gasteiger partial charge in [0.15, 0.2) is 0 Å². The van der Waals surface area contributed by atoms with Gasteiger partial charge in [0.05, 0.1) is 18.9 Å². The first-order valence-electron chi connectivity index (χ1n) is 7.53. The molecule has 0 spiro atoms. The number of rotatable bonds is 5. The smallest absolute Gasteiger partial charge is 0.122 e. The van der Waals surface area contributed by atoms with Gasteiger partial charge in [0.2, 0.25) is 0 Å². The van der Waals surface area contributed by atoms with Gasteiger partial charge in [-0.15, -0.1) is 0 Å². The summed E-state index contributed by atoms with van der Waals surface area (Å²) < 4.78 is 11.1. The maximum absolute atomic E-state index is 5.67. The molecule has 2 heterocycles. The molecule has 1 aromatic heterocycles. The molecule has 114 valence electrons. The van der Waals surface area contributed by atoms with E-state index in [4.69, 9.17) is 9.15 Å². The van der Waals surface area contributed by atoms with Crippen molar-refractivity contribution in [1.82, 2.24) is 10.2 Å². The number of nitrogens with one attached hydrogen (secondary N) is 1. The Kier molecular flexibility index (Phi) is 5.24. The molecule has 0 amide bonds. The molecular formula is C16H28N2O2. The van der Waals surface area contributed by atoms with Crippen molar-refractivity contribution in [2.24, 2.45) is 0 Å². The molecule has 20 heavy (non-hydrogen) atoms. The molecule has 4 nitrogen and oxygen atoms in total. The number of methoxy groups -OCH3 is 1. The second-order valence-electron chi connectivity index (χ2n) is 6.68. The minimum absolute atomic E-state index is 0.130. The van der Waals surface area contributed by atoms with Crippen LogP contribution in [0.5, 0.6) is 0 Å². The minimum Gasteiger partial charge on any atom is -0.468 e. The number of piperidine rings is 1. The van der Waals surface area contributed by atoms with Crippen LogP contribution in [0.25, 0.3) is 0 Å². The van der Waals surface area contributed by atoms with Crippen LogP contribution in [0, 0.1) is 0 Å². The quantitative estimate of drug-likeness (QED) is 0.900. The second-order valence-corrected chi connectivity index (χ2v) is 6.68. The zero-order valence-electron chi connectivity index (χ0n) is 13.2. The molecule has 0 aromatic carbocycles. The predicted molar refractivity (Wildman–Crippen MR) is 80.6 cm³/mol. The Morgan fingerprint density at radius 1 is 1.35 bits per heavy atom. The van der Waals surface area contributed by atoms with Crippen molar-refractivity contribution < 1.29 is 9.15 Å². The van der Waals surface area contributed by atoms with Crippen LogP contribution in [-0.4, -0.2) is 36.7 Å². The molecule has 1 aliphatic heterocycles. The largest absolute Gasteiger partial charge is 0.468 e. The summed E-state index contributed by atoms with van der Waals surface area (Å²) in [5.41, 5.74) is 1.40. The highest BCUT2D eigenvalue weighted by atomic mass is 16.5. The van der Waals surface area contributed by atoms with E-state index >= 15 is 0 Å². The van der Waals surface area contributed by atoms with Gasteiger partial charge in [0.1, 0.15) is 5.76 Å². The summed E-state index contributed by atoms with van der Waals surface area (Å²) in [5, 5.41) is 3.52. The Morgan fingerprint density at radius 3 is 2.65 bits per heavy atom. The average molecular weight is 280 g/mol. The molecule has 4 heteroatoms. The van der Waals surface area contributed by atoms with Gasteiger partial charge in [0, 0.05) is 37.8 Å². The molecule has 0 bridgehead atoms. The number of furan rings is 1. The minimum atomic E-state index is 0.130. The fourth-order valence-corrected chi connectivity index (χ4v) is 2.53. The van der Waals surface area contributed by atoms with Crippen LogP contribution in [0.1, 0.15) is 44.9 Å². The molecule has 2 rings (SSSR count). The van der Waals surface area contributed by atoms with E-state index in [0.29, 0.717) is 6.10 Å². The van der Waals surface area contributed by atoms with Gasteiger partial charge >= 0.3 is 0 Å². The van der Waals surface area contributed by atoms with Crippen molar-refractivity contribution in [2.75, 3.05) is 20.2 Å². The lowest BCUT2D eigenvalue weighted by atomic mass is 10.1. The van der Waals surface area contributed by atoms with Crippen molar-refractivity contribution in [3.8, 4) is 0 Å². The third kappa shape index (κ3) is 4.62. The van der Waals surface area contributed by atoms with Crippen LogP contribution in [0.15, 0.2) is 16.7 Å². The highest BCUT2D eigenvalue weighted by Gasteiger charge is 2.20. The van der Waals surface area contributed by atoms with Gasteiger partial charge in [-0.25, -0.2) is 0 Å². The lowest BCUT2D eigenvalue weighted by molar-refractivity contribution is 0.0369. The number of likely N-dealkylation sites (tertiary alicyclic amines) is 1. The normalized spacial score (nSPS) is 18.6. The van der Waals surface area contributed by atoms with E-state index in [1.54, 1.807) is 6.26 Å². The molecule has 0 atom stereocenters. The third-order valence-electron chi connectivity index (χ3n) is 3.88. The zero-order chi connectivity index (χ0) is 14.6. The van der Waals surface area contributed by atoms with Crippen molar-refractivity contribution in [2.45, 2.75) is 58.3 Å². The molecule has 0 aliphatic carbocycles. The van der Waals surface area contributed by atoms with E-state index in [0.717, 1.165) is 44.8 Å². The topological polar surface area (TPSA) is 37.6 Å². The fraction of sp³-hybridized carbons (Fsp3) is 0.750. The molecular weight excluding hydrogens is 252 g/mol. The third-order valence-corrected chi connectivity index (χ3v) is 3.88. The van der Waals surface area contributed by atoms with Gasteiger partial charge in [-0.3, -0.25) is 4.90 Å². The second kappa shape index (κ2) is 6.74. The summed E-state index contributed by atoms with van der Waals surface area (Å²) in [6, 6.07) is 2.08. The zero-order valence-corrected chi connectivity index (χ0v) is 13.2. The molecule has 0 unspecified atom stereocenters. The summed E-state index contributed by atoms with van der Waals surface area (Å²) in [6.45, 7) is 10.5. The number of ether oxygens (including phenoxy) is 1. The molecule has 1 saturated heterocycles. The maximum Gasteiger partial charge on any atom is 0.122 e. The summed E-state index contributed by atoms with van der Waals surface area (Å²) in [7, 11) is 1.81. The molecule has 1 aliphatic rings. The molecule has 1 fully saturated rings. The number of hydrogen-bond acceptors (Lipinski definition) is 4. The molecule has 1 N–H and O–H groups in total. The van der Waals surface area contributed by atoms with Crippen molar-refractivity contribution in [1.29, 1.82) is 0 Å². The molecule has 0 saturated carbocycles. The van der Waals surface area contributed by atoms with E-state index in [-0.39, 0.29) is 5.54 Å². The van der Waals surface area contributed by atoms with Gasteiger partial charge in [0.25, 0.3) is 0 Å². The summed E-state index contributed by atoms with van der Waals surface area (Å²) in [6.07, 6.45) is 4.47. The monoisotopic (exact) mass is 280 g/mol. The molecule has 1 aromatic rings. The number of nitrogens with zero attached hydrogens (tertiary/aromatic N) is 1. The highest BCUT2D eigenvalue weighted by molar-refractivity contribution is 5.17. The van der Waals surface area contributed by atoms with Crippen LogP contribution >= 0.6 is 0 Å². The Morgan fingerprint density at radius 2 is 2.05 bits per heavy atom. The Labute approximate surface area is 122 Å². The fourth-order valence-electron chi connectivity index (χ4n) is 2.53. The Hall–Kier alpha value is -0.840. The van der Waals surface area contributed by atoms with E-state index < -0.39 is 0 Å². The Bertz CT molecular complexity index is 401. The lowest BCUT2D eigenvalue weighted by Crippen LogP contribution is -2.37. The van der Waals surface area contributed by atoms with Gasteiger partial charge in [-0.1, -0.05) is 0 Å². The van der Waals surface area contributed by atoms with Gasteiger partial charge in [-0.05, 0) is 39.7 Å². The summed E-state index contributed by atoms with van der Waals surface area (Å²) in [4.78, 5) is 2.45. The van der Waals surface area contributed by atoms with Crippen LogP contribution in [0.2, 0.25) is 0 Å². The van der Waals surface area contributed by atoms with Crippen LogP contribution in [0.3, 0.4) is 0 Å². The van der Waals surface area contributed by atoms with Crippen molar-refractivity contribution >= 4 is 0 Å². The van der Waals surface area contributed by atoms with Crippen molar-refractivity contribution in [3.05, 3.63) is 23.7 Å². The van der Waals surface area contributed by atoms with E-state index in [1.165, 1.54) is 5.56 Å². The highest BCUT2D eigenvalue weighted by Crippen LogP contribution is 2.19. The van der Waals surface area contributed by atoms with Gasteiger partial charge < -0.3 is 14.5 Å². The first kappa shape index (κ1) is 15.5. The van der Waals surface area contributed by atoms with Crippen molar-refractivity contribution in [3.63, 3.8) is 0 Å². The van der Waals surface area contributed by atoms with E-state index in [1.807, 2.05) is 7.11 Å². The summed E-state index contributed by atoms with van der Waals surface area (Å²) >= 11 is 0. The van der Waals surface area contributed by atoms with Crippen LogP contribution in [0.4, 0.5) is 0 Å². The first-order chi connectivity index (χ1) is 9.48. The van der Waals surface area contributed by atoms with E-state index in [2.05, 4.69) is 37.1 Å². The Balaban J connectivity index is 1.86. The van der Waals surface area contributed by atoms with E-state index in [9.17, 15) is 0 Å². The van der Waals surface area contributed by atoms with Crippen LogP contribution < -0.4 is 5.32 Å². The molecule has 0 radical (unpaired) electrons. The SMILES string of the molecule is COC1CCN(Cc2occc2CNC(C)(C)C)CC1. The predicted octanol–water partition coefficient (Wildman–Crippen LogP) is 2.78. The maximum atomic E-state index is 5.67. The lowest BCUT2D eigenvalue weighted by Gasteiger charge is -2.30.